The van der Waals surface area contributed by atoms with Gasteiger partial charge in [0.05, 0.1) is 18.6 Å². The fraction of sp³-hybridized carbons (Fsp3) is 0.500. The number of ether oxygens (including phenoxy) is 2. The van der Waals surface area contributed by atoms with Crippen LogP contribution in [0.3, 0.4) is 0 Å². The third kappa shape index (κ3) is 3.97. The fourth-order valence-electron chi connectivity index (χ4n) is 2.68. The molecule has 0 radical (unpaired) electrons. The molecule has 1 aliphatic heterocycles. The highest BCUT2D eigenvalue weighted by Crippen LogP contribution is 2.22. The molecule has 0 saturated carbocycles. The quantitative estimate of drug-likeness (QED) is 0.693. The van der Waals surface area contributed by atoms with Gasteiger partial charge in [0.2, 0.25) is 10.0 Å². The van der Waals surface area contributed by atoms with E-state index < -0.39 is 10.0 Å². The number of rotatable bonds is 7. The number of methoxy groups -OCH3 is 2. The van der Waals surface area contributed by atoms with Crippen molar-refractivity contribution in [3.05, 3.63) is 30.1 Å². The molecule has 1 aromatic heterocycles. The summed E-state index contributed by atoms with van der Waals surface area (Å²) in [6.07, 6.45) is 0.575. The first-order valence-corrected chi connectivity index (χ1v) is 9.69. The van der Waals surface area contributed by atoms with Gasteiger partial charge in [0.1, 0.15) is 5.75 Å². The van der Waals surface area contributed by atoms with Gasteiger partial charge in [-0.3, -0.25) is 0 Å². The Morgan fingerprint density at radius 1 is 1.12 bits per heavy atom. The van der Waals surface area contributed by atoms with Crippen molar-refractivity contribution in [2.24, 2.45) is 0 Å². The molecule has 0 unspecified atom stereocenters. The molecule has 1 aliphatic rings. The second-order valence-corrected chi connectivity index (χ2v) is 7.74. The minimum absolute atomic E-state index is 0.256. The molecular formula is C16H22N4O5S. The summed E-state index contributed by atoms with van der Waals surface area (Å²) in [4.78, 5) is 6.47. The van der Waals surface area contributed by atoms with E-state index in [4.69, 9.17) is 14.0 Å². The van der Waals surface area contributed by atoms with Crippen molar-refractivity contribution >= 4 is 16.0 Å². The molecule has 26 heavy (non-hydrogen) atoms. The van der Waals surface area contributed by atoms with Crippen LogP contribution in [0.1, 0.15) is 5.82 Å². The predicted molar refractivity (Wildman–Crippen MR) is 93.8 cm³/mol. The van der Waals surface area contributed by atoms with Crippen LogP contribution in [0.25, 0.3) is 0 Å². The van der Waals surface area contributed by atoms with Crippen LogP contribution in [-0.4, -0.2) is 69.9 Å². The van der Waals surface area contributed by atoms with Gasteiger partial charge in [-0.05, 0) is 24.3 Å². The van der Waals surface area contributed by atoms with Crippen molar-refractivity contribution in [3.8, 4) is 5.75 Å². The third-order valence-electron chi connectivity index (χ3n) is 4.19. The summed E-state index contributed by atoms with van der Waals surface area (Å²) in [6.45, 7) is 2.20. The first kappa shape index (κ1) is 18.6. The lowest BCUT2D eigenvalue weighted by Gasteiger charge is -2.32. The highest BCUT2D eigenvalue weighted by Gasteiger charge is 2.30. The first-order chi connectivity index (χ1) is 12.5. The van der Waals surface area contributed by atoms with Gasteiger partial charge in [-0.15, -0.1) is 0 Å². The molecule has 9 nitrogen and oxygen atoms in total. The van der Waals surface area contributed by atoms with Crippen molar-refractivity contribution in [3.63, 3.8) is 0 Å². The number of hydrogen-bond donors (Lipinski definition) is 0. The summed E-state index contributed by atoms with van der Waals surface area (Å²) in [5.41, 5.74) is 0. The van der Waals surface area contributed by atoms with E-state index >= 15 is 0 Å². The minimum atomic E-state index is -3.53. The maximum atomic E-state index is 12.8. The lowest BCUT2D eigenvalue weighted by atomic mass is 10.3. The van der Waals surface area contributed by atoms with Crippen LogP contribution in [0, 0.1) is 0 Å². The summed E-state index contributed by atoms with van der Waals surface area (Å²) in [6, 6.07) is 6.81. The molecule has 3 rings (SSSR count). The normalized spacial score (nSPS) is 16.0. The third-order valence-corrected chi connectivity index (χ3v) is 6.11. The topological polar surface area (TPSA) is 98.0 Å². The summed E-state index contributed by atoms with van der Waals surface area (Å²) < 4.78 is 42.3. The maximum absolute atomic E-state index is 12.8. The zero-order valence-corrected chi connectivity index (χ0v) is 15.6. The van der Waals surface area contributed by atoms with Crippen LogP contribution in [0.15, 0.2) is 33.7 Å². The highest BCUT2D eigenvalue weighted by molar-refractivity contribution is 7.89. The molecule has 2 heterocycles. The number of anilines is 1. The number of hydrogen-bond acceptors (Lipinski definition) is 8. The number of aromatic nitrogens is 2. The molecule has 1 aromatic carbocycles. The van der Waals surface area contributed by atoms with Crippen LogP contribution < -0.4 is 9.64 Å². The Kier molecular flexibility index (Phi) is 5.74. The van der Waals surface area contributed by atoms with Crippen LogP contribution in [0.2, 0.25) is 0 Å². The number of piperazine rings is 1. The van der Waals surface area contributed by atoms with E-state index in [0.29, 0.717) is 56.8 Å². The van der Waals surface area contributed by atoms with Crippen LogP contribution in [0.5, 0.6) is 5.75 Å². The fourth-order valence-corrected chi connectivity index (χ4v) is 4.11. The molecule has 1 fully saturated rings. The van der Waals surface area contributed by atoms with Crippen LogP contribution in [0.4, 0.5) is 6.01 Å². The zero-order chi connectivity index (χ0) is 18.6. The SMILES string of the molecule is COCCc1noc(N2CCN(S(=O)(=O)c3ccc(OC)cc3)CC2)n1. The predicted octanol–water partition coefficient (Wildman–Crippen LogP) is 0.778. The molecule has 0 amide bonds. The van der Waals surface area contributed by atoms with E-state index in [1.807, 2.05) is 4.90 Å². The van der Waals surface area contributed by atoms with E-state index in [2.05, 4.69) is 10.1 Å². The molecule has 142 valence electrons. The number of sulfonamides is 1. The molecular weight excluding hydrogens is 360 g/mol. The Labute approximate surface area is 152 Å². The van der Waals surface area contributed by atoms with Gasteiger partial charge in [-0.25, -0.2) is 8.42 Å². The second-order valence-electron chi connectivity index (χ2n) is 5.80. The molecule has 0 aliphatic carbocycles. The summed E-state index contributed by atoms with van der Waals surface area (Å²) >= 11 is 0. The summed E-state index contributed by atoms with van der Waals surface area (Å²) in [5.74, 6) is 1.20. The van der Waals surface area contributed by atoms with E-state index in [-0.39, 0.29) is 4.90 Å². The summed E-state index contributed by atoms with van der Waals surface area (Å²) in [5, 5.41) is 3.91. The van der Waals surface area contributed by atoms with Crippen molar-refractivity contribution < 1.29 is 22.4 Å². The Hall–Kier alpha value is -2.17. The second kappa shape index (κ2) is 8.02. The van der Waals surface area contributed by atoms with Crippen molar-refractivity contribution in [1.29, 1.82) is 0 Å². The number of nitrogens with zero attached hydrogens (tertiary/aromatic N) is 4. The van der Waals surface area contributed by atoms with Gasteiger partial charge in [-0.2, -0.15) is 9.29 Å². The van der Waals surface area contributed by atoms with Gasteiger partial charge >= 0.3 is 6.01 Å². The molecule has 2 aromatic rings. The Morgan fingerprint density at radius 2 is 1.81 bits per heavy atom. The van der Waals surface area contributed by atoms with Crippen molar-refractivity contribution in [1.82, 2.24) is 14.4 Å². The molecule has 0 spiro atoms. The Morgan fingerprint density at radius 3 is 2.42 bits per heavy atom. The van der Waals surface area contributed by atoms with Gasteiger partial charge in [0.25, 0.3) is 0 Å². The monoisotopic (exact) mass is 382 g/mol. The van der Waals surface area contributed by atoms with Gasteiger partial charge in [-0.1, -0.05) is 5.16 Å². The van der Waals surface area contributed by atoms with E-state index in [1.165, 1.54) is 4.31 Å². The smallest absolute Gasteiger partial charge is 0.324 e. The average molecular weight is 382 g/mol. The van der Waals surface area contributed by atoms with Gasteiger partial charge in [0.15, 0.2) is 5.82 Å². The first-order valence-electron chi connectivity index (χ1n) is 8.25. The summed E-state index contributed by atoms with van der Waals surface area (Å²) in [7, 11) is -0.374. The molecule has 10 heteroatoms. The van der Waals surface area contributed by atoms with E-state index in [9.17, 15) is 8.42 Å². The van der Waals surface area contributed by atoms with Gasteiger partial charge in [0, 0.05) is 39.7 Å². The lowest BCUT2D eigenvalue weighted by molar-refractivity contribution is 0.199. The van der Waals surface area contributed by atoms with Crippen LogP contribution in [-0.2, 0) is 21.2 Å². The Bertz CT molecular complexity index is 813. The Balaban J connectivity index is 1.62. The maximum Gasteiger partial charge on any atom is 0.324 e. The zero-order valence-electron chi connectivity index (χ0n) is 14.8. The highest BCUT2D eigenvalue weighted by atomic mass is 32.2. The molecule has 0 atom stereocenters. The average Bonchev–Trinajstić information content (AvgIpc) is 3.15. The van der Waals surface area contributed by atoms with Crippen molar-refractivity contribution in [2.75, 3.05) is 51.9 Å². The molecule has 0 bridgehead atoms. The largest absolute Gasteiger partial charge is 0.497 e. The van der Waals surface area contributed by atoms with Gasteiger partial charge < -0.3 is 18.9 Å². The molecule has 0 N–H and O–H groups in total. The number of benzene rings is 1. The van der Waals surface area contributed by atoms with E-state index in [1.54, 1.807) is 38.5 Å². The van der Waals surface area contributed by atoms with E-state index in [0.717, 1.165) is 0 Å². The molecule has 1 saturated heterocycles. The van der Waals surface area contributed by atoms with Crippen LogP contribution >= 0.6 is 0 Å². The lowest BCUT2D eigenvalue weighted by Crippen LogP contribution is -2.48. The standard InChI is InChI=1S/C16H22N4O5S/c1-23-12-7-15-17-16(25-18-15)19-8-10-20(11-9-19)26(21,22)14-5-3-13(24-2)4-6-14/h3-6H,7-12H2,1-2H3. The van der Waals surface area contributed by atoms with Crippen molar-refractivity contribution in [2.45, 2.75) is 11.3 Å². The minimum Gasteiger partial charge on any atom is -0.497 e.